The molecule has 1 aliphatic heterocycles. The van der Waals surface area contributed by atoms with Gasteiger partial charge in [0.2, 0.25) is 5.92 Å². The topological polar surface area (TPSA) is 50.2 Å². The maximum atomic E-state index is 13.6. The summed E-state index contributed by atoms with van der Waals surface area (Å²) in [4.78, 5) is 15.7. The SMILES string of the molecule is CSCc1ccc(C(=O)Nc2cc(C)n(C3CCC(F)(F)CC3)n2)c(N2CCC3(CC2)CC3)c1. The standard InChI is InChI=1S/C26H34F2N4OS/c1-18-15-23(30-32(18)20-5-7-26(27,28)8-6-20)29-24(33)21-4-3-19(17-34-2)16-22(21)31-13-11-25(9-10-25)12-14-31/h3-4,15-16,20H,5-14,17H2,1-2H3,(H,29,30,33). The van der Waals surface area contributed by atoms with Crippen LogP contribution in [0.4, 0.5) is 20.3 Å². The van der Waals surface area contributed by atoms with Crippen LogP contribution in [0.5, 0.6) is 0 Å². The van der Waals surface area contributed by atoms with Crippen molar-refractivity contribution in [2.45, 2.75) is 76.0 Å². The van der Waals surface area contributed by atoms with E-state index in [-0.39, 0.29) is 24.8 Å². The Balaban J connectivity index is 1.33. The van der Waals surface area contributed by atoms with Crippen LogP contribution in [0.3, 0.4) is 0 Å². The van der Waals surface area contributed by atoms with Crippen molar-refractivity contribution in [3.05, 3.63) is 41.1 Å². The van der Waals surface area contributed by atoms with Crippen LogP contribution in [0.1, 0.15) is 79.0 Å². The fraction of sp³-hybridized carbons (Fsp3) is 0.615. The number of nitrogens with one attached hydrogen (secondary N) is 1. The summed E-state index contributed by atoms with van der Waals surface area (Å²) in [6, 6.07) is 7.93. The molecule has 3 fully saturated rings. The molecular weight excluding hydrogens is 454 g/mol. The van der Waals surface area contributed by atoms with Crippen molar-refractivity contribution < 1.29 is 13.6 Å². The predicted molar refractivity (Wildman–Crippen MR) is 134 cm³/mol. The first kappa shape index (κ1) is 23.6. The maximum absolute atomic E-state index is 13.6. The fourth-order valence-electron chi connectivity index (χ4n) is 5.56. The molecule has 2 aromatic rings. The molecule has 1 aromatic heterocycles. The van der Waals surface area contributed by atoms with Crippen molar-refractivity contribution in [2.75, 3.05) is 29.6 Å². The average molecular weight is 489 g/mol. The summed E-state index contributed by atoms with van der Waals surface area (Å²) in [5.41, 5.74) is 4.35. The number of rotatable bonds is 6. The number of alkyl halides is 2. The van der Waals surface area contributed by atoms with Crippen LogP contribution in [-0.2, 0) is 5.75 Å². The lowest BCUT2D eigenvalue weighted by atomic mass is 9.92. The molecule has 2 heterocycles. The van der Waals surface area contributed by atoms with Gasteiger partial charge in [-0.3, -0.25) is 9.48 Å². The number of benzene rings is 1. The highest BCUT2D eigenvalue weighted by molar-refractivity contribution is 7.97. The molecule has 2 aliphatic carbocycles. The summed E-state index contributed by atoms with van der Waals surface area (Å²) in [5.74, 6) is -1.34. The van der Waals surface area contributed by atoms with Gasteiger partial charge in [-0.15, -0.1) is 0 Å². The number of carbonyl (C=O) groups excluding carboxylic acids is 1. The summed E-state index contributed by atoms with van der Waals surface area (Å²) >= 11 is 1.78. The number of piperidine rings is 1. The number of thioether (sulfide) groups is 1. The molecular formula is C26H34F2N4OS. The lowest BCUT2D eigenvalue weighted by Gasteiger charge is -2.35. The number of aryl methyl sites for hydroxylation is 1. The minimum absolute atomic E-state index is 0.0465. The second-order valence-electron chi connectivity index (χ2n) is 10.4. The van der Waals surface area contributed by atoms with E-state index >= 15 is 0 Å². The Hall–Kier alpha value is -2.09. The molecule has 34 heavy (non-hydrogen) atoms. The lowest BCUT2D eigenvalue weighted by molar-refractivity contribution is -0.0451. The van der Waals surface area contributed by atoms with Crippen LogP contribution in [0.2, 0.25) is 0 Å². The van der Waals surface area contributed by atoms with Crippen molar-refractivity contribution in [1.29, 1.82) is 0 Å². The molecule has 1 amide bonds. The largest absolute Gasteiger partial charge is 0.371 e. The Morgan fingerprint density at radius 2 is 1.82 bits per heavy atom. The number of halogens is 2. The quantitative estimate of drug-likeness (QED) is 0.509. The second-order valence-corrected chi connectivity index (χ2v) is 11.3. The first-order valence-corrected chi connectivity index (χ1v) is 13.8. The number of nitrogens with zero attached hydrogens (tertiary/aromatic N) is 3. The van der Waals surface area contributed by atoms with Gasteiger partial charge in [0, 0.05) is 49.1 Å². The smallest absolute Gasteiger partial charge is 0.258 e. The summed E-state index contributed by atoms with van der Waals surface area (Å²) < 4.78 is 29.0. The molecule has 0 unspecified atom stereocenters. The molecule has 0 radical (unpaired) electrons. The maximum Gasteiger partial charge on any atom is 0.258 e. The lowest BCUT2D eigenvalue weighted by Crippen LogP contribution is -2.35. The molecule has 1 spiro atoms. The summed E-state index contributed by atoms with van der Waals surface area (Å²) in [6.45, 7) is 3.89. The molecule has 184 valence electrons. The number of carbonyl (C=O) groups is 1. The minimum atomic E-state index is -2.57. The molecule has 1 saturated heterocycles. The summed E-state index contributed by atoms with van der Waals surface area (Å²) in [7, 11) is 0. The Labute approximate surface area is 204 Å². The van der Waals surface area contributed by atoms with Gasteiger partial charge >= 0.3 is 0 Å². The molecule has 5 nitrogen and oxygen atoms in total. The number of aromatic nitrogens is 2. The Kier molecular flexibility index (Phi) is 6.38. The highest BCUT2D eigenvalue weighted by atomic mass is 32.2. The third-order valence-electron chi connectivity index (χ3n) is 7.94. The van der Waals surface area contributed by atoms with Crippen molar-refractivity contribution in [3.8, 4) is 0 Å². The van der Waals surface area contributed by atoms with E-state index in [4.69, 9.17) is 0 Å². The van der Waals surface area contributed by atoms with Gasteiger partial charge in [-0.2, -0.15) is 16.9 Å². The first-order valence-electron chi connectivity index (χ1n) is 12.4. The Morgan fingerprint density at radius 3 is 2.47 bits per heavy atom. The number of hydrogen-bond donors (Lipinski definition) is 1. The monoisotopic (exact) mass is 488 g/mol. The fourth-order valence-corrected chi connectivity index (χ4v) is 6.07. The Morgan fingerprint density at radius 1 is 1.12 bits per heavy atom. The van der Waals surface area contributed by atoms with Crippen molar-refractivity contribution >= 4 is 29.2 Å². The van der Waals surface area contributed by atoms with Gasteiger partial charge < -0.3 is 10.2 Å². The molecule has 2 saturated carbocycles. The second kappa shape index (κ2) is 9.17. The van der Waals surface area contributed by atoms with E-state index in [2.05, 4.69) is 27.6 Å². The number of amides is 1. The highest BCUT2D eigenvalue weighted by Gasteiger charge is 2.44. The van der Waals surface area contributed by atoms with Gasteiger partial charge in [0.15, 0.2) is 5.82 Å². The van der Waals surface area contributed by atoms with E-state index in [1.807, 2.05) is 29.8 Å². The van der Waals surface area contributed by atoms with E-state index in [9.17, 15) is 13.6 Å². The molecule has 0 bridgehead atoms. The zero-order chi connectivity index (χ0) is 23.9. The van der Waals surface area contributed by atoms with Gasteiger partial charge in [-0.1, -0.05) is 6.07 Å². The zero-order valence-electron chi connectivity index (χ0n) is 20.1. The van der Waals surface area contributed by atoms with Gasteiger partial charge in [-0.05, 0) is 74.8 Å². The molecule has 0 atom stereocenters. The third kappa shape index (κ3) is 4.97. The van der Waals surface area contributed by atoms with Crippen LogP contribution >= 0.6 is 11.8 Å². The van der Waals surface area contributed by atoms with Crippen molar-refractivity contribution in [2.24, 2.45) is 5.41 Å². The Bertz CT molecular complexity index is 1050. The molecule has 3 aliphatic rings. The summed E-state index contributed by atoms with van der Waals surface area (Å²) in [5, 5.41) is 7.57. The van der Waals surface area contributed by atoms with Crippen LogP contribution in [0, 0.1) is 12.3 Å². The van der Waals surface area contributed by atoms with Gasteiger partial charge in [0.05, 0.1) is 11.6 Å². The summed E-state index contributed by atoms with van der Waals surface area (Å²) in [6.07, 6.45) is 7.77. The van der Waals surface area contributed by atoms with Crippen molar-refractivity contribution in [3.63, 3.8) is 0 Å². The van der Waals surface area contributed by atoms with E-state index in [1.54, 1.807) is 11.8 Å². The van der Waals surface area contributed by atoms with Crippen molar-refractivity contribution in [1.82, 2.24) is 9.78 Å². The number of hydrogen-bond acceptors (Lipinski definition) is 4. The van der Waals surface area contributed by atoms with E-state index in [0.717, 1.165) is 30.2 Å². The number of anilines is 2. The molecule has 1 aromatic carbocycles. The van der Waals surface area contributed by atoms with Gasteiger partial charge in [-0.25, -0.2) is 8.78 Å². The van der Waals surface area contributed by atoms with E-state index < -0.39 is 5.92 Å². The third-order valence-corrected chi connectivity index (χ3v) is 8.56. The van der Waals surface area contributed by atoms with Gasteiger partial charge in [0.25, 0.3) is 5.91 Å². The normalized spacial score (nSPS) is 21.6. The van der Waals surface area contributed by atoms with E-state index in [0.29, 0.717) is 29.6 Å². The van der Waals surface area contributed by atoms with Gasteiger partial charge in [0.1, 0.15) is 0 Å². The molecule has 1 N–H and O–H groups in total. The van der Waals surface area contributed by atoms with E-state index in [1.165, 1.54) is 31.2 Å². The van der Waals surface area contributed by atoms with Crippen LogP contribution in [0.15, 0.2) is 24.3 Å². The van der Waals surface area contributed by atoms with Crippen LogP contribution < -0.4 is 10.2 Å². The molecule has 8 heteroatoms. The predicted octanol–water partition coefficient (Wildman–Crippen LogP) is 6.44. The van der Waals surface area contributed by atoms with Crippen LogP contribution in [-0.4, -0.2) is 41.0 Å². The molecule has 5 rings (SSSR count). The minimum Gasteiger partial charge on any atom is -0.371 e. The highest BCUT2D eigenvalue weighted by Crippen LogP contribution is 2.54. The van der Waals surface area contributed by atoms with Crippen LogP contribution in [0.25, 0.3) is 0 Å². The zero-order valence-corrected chi connectivity index (χ0v) is 20.9. The average Bonchev–Trinajstić information content (AvgIpc) is 3.46. The first-order chi connectivity index (χ1) is 16.3.